The van der Waals surface area contributed by atoms with Crippen molar-refractivity contribution < 1.29 is 5.11 Å². The lowest BCUT2D eigenvalue weighted by Crippen LogP contribution is -2.02. The number of aliphatic hydroxyl groups excluding tert-OH is 1. The van der Waals surface area contributed by atoms with Crippen molar-refractivity contribution in [2.24, 2.45) is 5.92 Å². The van der Waals surface area contributed by atoms with E-state index in [1.165, 1.54) is 0 Å². The van der Waals surface area contributed by atoms with Gasteiger partial charge < -0.3 is 5.11 Å². The molecule has 0 bridgehead atoms. The average Bonchev–Trinajstić information content (AvgIpc) is 2.19. The smallest absolute Gasteiger partial charge is 0.0803 e. The Morgan fingerprint density at radius 1 is 1.54 bits per heavy atom. The molecule has 1 heterocycles. The lowest BCUT2D eigenvalue weighted by atomic mass is 10.0. The molecule has 0 aromatic carbocycles. The van der Waals surface area contributed by atoms with Gasteiger partial charge in [0.05, 0.1) is 12.2 Å². The first kappa shape index (κ1) is 9.69. The number of aliphatic hydroxyl groups is 1. The Morgan fingerprint density at radius 2 is 2.15 bits per heavy atom. The molecule has 2 atom stereocenters. The summed E-state index contributed by atoms with van der Waals surface area (Å²) in [5.74, 6) is -0.122. The van der Waals surface area contributed by atoms with Crippen LogP contribution in [0.25, 0.3) is 0 Å². The van der Waals surface area contributed by atoms with Crippen molar-refractivity contribution in [1.29, 1.82) is 5.26 Å². The molecule has 0 radical (unpaired) electrons. The molecule has 1 aromatic rings. The Labute approximate surface area is 77.7 Å². The fraction of sp³-hybridized carbons (Fsp3) is 0.400. The molecule has 3 nitrogen and oxygen atoms in total. The van der Waals surface area contributed by atoms with Crippen molar-refractivity contribution in [3.8, 4) is 6.07 Å². The first-order valence-corrected chi connectivity index (χ1v) is 4.21. The fourth-order valence-electron chi connectivity index (χ4n) is 1.11. The minimum atomic E-state index is -0.558. The van der Waals surface area contributed by atoms with Crippen LogP contribution in [0, 0.1) is 17.2 Å². The molecule has 68 valence electrons. The Bertz CT molecular complexity index is 292. The second-order valence-corrected chi connectivity index (χ2v) is 3.06. The molecule has 1 N–H and O–H groups in total. The number of nitrogens with zero attached hydrogens (tertiary/aromatic N) is 2. The summed E-state index contributed by atoms with van der Waals surface area (Å²) in [5, 5.41) is 18.2. The zero-order valence-electron chi connectivity index (χ0n) is 7.51. The van der Waals surface area contributed by atoms with E-state index >= 15 is 0 Å². The molecule has 3 heteroatoms. The highest BCUT2D eigenvalue weighted by atomic mass is 16.3. The van der Waals surface area contributed by atoms with Gasteiger partial charge in [-0.05, 0) is 31.0 Å². The monoisotopic (exact) mass is 176 g/mol. The summed E-state index contributed by atoms with van der Waals surface area (Å²) in [6, 6.07) is 5.61. The molecule has 0 aliphatic rings. The SMILES string of the molecule is CC(C#N)CC(O)c1ccncc1. The van der Waals surface area contributed by atoms with E-state index in [2.05, 4.69) is 11.1 Å². The van der Waals surface area contributed by atoms with Gasteiger partial charge in [0.1, 0.15) is 0 Å². The van der Waals surface area contributed by atoms with Gasteiger partial charge in [-0.3, -0.25) is 4.98 Å². The molecule has 0 saturated heterocycles. The maximum atomic E-state index is 9.64. The third kappa shape index (κ3) is 2.85. The van der Waals surface area contributed by atoms with E-state index in [0.29, 0.717) is 6.42 Å². The molecule has 0 saturated carbocycles. The Hall–Kier alpha value is -1.40. The summed E-state index contributed by atoms with van der Waals surface area (Å²) in [6.45, 7) is 1.80. The normalized spacial score (nSPS) is 14.5. The van der Waals surface area contributed by atoms with E-state index in [4.69, 9.17) is 5.26 Å². The minimum Gasteiger partial charge on any atom is -0.388 e. The molecule has 0 spiro atoms. The second-order valence-electron chi connectivity index (χ2n) is 3.06. The standard InChI is InChI=1S/C10H12N2O/c1-8(7-11)6-10(13)9-2-4-12-5-3-9/h2-5,8,10,13H,6H2,1H3. The van der Waals surface area contributed by atoms with Crippen LogP contribution in [0.15, 0.2) is 24.5 Å². The van der Waals surface area contributed by atoms with E-state index in [0.717, 1.165) is 5.56 Å². The van der Waals surface area contributed by atoms with E-state index in [1.54, 1.807) is 31.5 Å². The van der Waals surface area contributed by atoms with E-state index < -0.39 is 6.10 Å². The lowest BCUT2D eigenvalue weighted by Gasteiger charge is -2.10. The molecular weight excluding hydrogens is 164 g/mol. The molecule has 0 amide bonds. The minimum absolute atomic E-state index is 0.122. The van der Waals surface area contributed by atoms with Gasteiger partial charge in [0, 0.05) is 18.3 Å². The Balaban J connectivity index is 2.60. The summed E-state index contributed by atoms with van der Waals surface area (Å²) in [6.07, 6.45) is 3.18. The van der Waals surface area contributed by atoms with Crippen LogP contribution in [-0.2, 0) is 0 Å². The first-order chi connectivity index (χ1) is 6.24. The zero-order valence-corrected chi connectivity index (χ0v) is 7.51. The van der Waals surface area contributed by atoms with Gasteiger partial charge in [-0.2, -0.15) is 5.26 Å². The molecule has 13 heavy (non-hydrogen) atoms. The average molecular weight is 176 g/mol. The predicted octanol–water partition coefficient (Wildman–Crippen LogP) is 1.66. The summed E-state index contributed by atoms with van der Waals surface area (Å²) in [7, 11) is 0. The number of rotatable bonds is 3. The lowest BCUT2D eigenvalue weighted by molar-refractivity contribution is 0.156. The predicted molar refractivity (Wildman–Crippen MR) is 48.6 cm³/mol. The molecule has 2 unspecified atom stereocenters. The molecule has 0 aliphatic carbocycles. The van der Waals surface area contributed by atoms with Crippen molar-refractivity contribution in [3.63, 3.8) is 0 Å². The van der Waals surface area contributed by atoms with Gasteiger partial charge in [0.15, 0.2) is 0 Å². The van der Waals surface area contributed by atoms with E-state index in [1.807, 2.05) is 0 Å². The number of nitriles is 1. The number of aromatic nitrogens is 1. The maximum Gasteiger partial charge on any atom is 0.0803 e. The van der Waals surface area contributed by atoms with Crippen LogP contribution in [0.2, 0.25) is 0 Å². The van der Waals surface area contributed by atoms with Crippen LogP contribution in [0.3, 0.4) is 0 Å². The van der Waals surface area contributed by atoms with Crippen molar-refractivity contribution in [3.05, 3.63) is 30.1 Å². The highest BCUT2D eigenvalue weighted by Crippen LogP contribution is 2.19. The zero-order chi connectivity index (χ0) is 9.68. The second kappa shape index (κ2) is 4.58. The van der Waals surface area contributed by atoms with Crippen molar-refractivity contribution in [2.75, 3.05) is 0 Å². The topological polar surface area (TPSA) is 56.9 Å². The van der Waals surface area contributed by atoms with Gasteiger partial charge in [0.2, 0.25) is 0 Å². The molecule has 1 aromatic heterocycles. The Morgan fingerprint density at radius 3 is 2.69 bits per heavy atom. The van der Waals surface area contributed by atoms with Gasteiger partial charge in [-0.25, -0.2) is 0 Å². The number of hydrogen-bond donors (Lipinski definition) is 1. The van der Waals surface area contributed by atoms with Crippen LogP contribution in [-0.4, -0.2) is 10.1 Å². The third-order valence-corrected chi connectivity index (χ3v) is 1.89. The van der Waals surface area contributed by atoms with Gasteiger partial charge in [0.25, 0.3) is 0 Å². The summed E-state index contributed by atoms with van der Waals surface area (Å²) in [4.78, 5) is 3.85. The molecule has 1 rings (SSSR count). The number of hydrogen-bond acceptors (Lipinski definition) is 3. The largest absolute Gasteiger partial charge is 0.388 e. The van der Waals surface area contributed by atoms with Crippen molar-refractivity contribution in [2.45, 2.75) is 19.4 Å². The third-order valence-electron chi connectivity index (χ3n) is 1.89. The quantitative estimate of drug-likeness (QED) is 0.762. The van der Waals surface area contributed by atoms with Crippen LogP contribution < -0.4 is 0 Å². The fourth-order valence-corrected chi connectivity index (χ4v) is 1.11. The highest BCUT2D eigenvalue weighted by molar-refractivity contribution is 5.13. The maximum absolute atomic E-state index is 9.64. The van der Waals surface area contributed by atoms with Gasteiger partial charge in [-0.15, -0.1) is 0 Å². The Kier molecular flexibility index (Phi) is 3.41. The molecular formula is C10H12N2O. The van der Waals surface area contributed by atoms with Crippen LogP contribution in [0.5, 0.6) is 0 Å². The summed E-state index contributed by atoms with van der Waals surface area (Å²) in [5.41, 5.74) is 0.817. The number of pyridine rings is 1. The van der Waals surface area contributed by atoms with E-state index in [9.17, 15) is 5.11 Å². The van der Waals surface area contributed by atoms with Crippen LogP contribution in [0.4, 0.5) is 0 Å². The summed E-state index contributed by atoms with van der Waals surface area (Å²) >= 11 is 0. The van der Waals surface area contributed by atoms with Gasteiger partial charge in [-0.1, -0.05) is 0 Å². The summed E-state index contributed by atoms with van der Waals surface area (Å²) < 4.78 is 0. The molecule has 0 fully saturated rings. The highest BCUT2D eigenvalue weighted by Gasteiger charge is 2.10. The first-order valence-electron chi connectivity index (χ1n) is 4.21. The van der Waals surface area contributed by atoms with Crippen LogP contribution >= 0.6 is 0 Å². The van der Waals surface area contributed by atoms with Crippen molar-refractivity contribution >= 4 is 0 Å². The van der Waals surface area contributed by atoms with E-state index in [-0.39, 0.29) is 5.92 Å². The molecule has 0 aliphatic heterocycles. The van der Waals surface area contributed by atoms with Gasteiger partial charge >= 0.3 is 0 Å². The van der Waals surface area contributed by atoms with Crippen LogP contribution in [0.1, 0.15) is 25.0 Å². The van der Waals surface area contributed by atoms with Crippen molar-refractivity contribution in [1.82, 2.24) is 4.98 Å².